The maximum atomic E-state index is 9.83. The Labute approximate surface area is 116 Å². The first-order valence-electron chi connectivity index (χ1n) is 8.13. The highest BCUT2D eigenvalue weighted by atomic mass is 15.2. The molecule has 3 nitrogen and oxygen atoms in total. The molecule has 1 saturated heterocycles. The van der Waals surface area contributed by atoms with Gasteiger partial charge in [0, 0.05) is 31.6 Å². The number of hydrogen-bond acceptors (Lipinski definition) is 3. The molecular formula is C16H25N3. The zero-order valence-corrected chi connectivity index (χ0v) is 11.8. The molecule has 0 spiro atoms. The summed E-state index contributed by atoms with van der Waals surface area (Å²) in [6, 6.07) is 2.92. The fraction of sp³-hybridized carbons (Fsp3) is 0.938. The van der Waals surface area contributed by atoms with Gasteiger partial charge < -0.3 is 5.32 Å². The van der Waals surface area contributed by atoms with Crippen LogP contribution in [-0.2, 0) is 0 Å². The predicted octanol–water partition coefficient (Wildman–Crippen LogP) is 2.00. The molecule has 104 valence electrons. The molecule has 5 rings (SSSR count). The van der Waals surface area contributed by atoms with Crippen LogP contribution in [-0.4, -0.2) is 37.1 Å². The Morgan fingerprint density at radius 2 is 1.53 bits per heavy atom. The van der Waals surface area contributed by atoms with Gasteiger partial charge in [0.15, 0.2) is 0 Å². The summed E-state index contributed by atoms with van der Waals surface area (Å²) in [4.78, 5) is 2.49. The number of nitrogens with zero attached hydrogens (tertiary/aromatic N) is 2. The van der Waals surface area contributed by atoms with Crippen molar-refractivity contribution in [1.29, 1.82) is 5.26 Å². The smallest absolute Gasteiger partial charge is 0.104 e. The topological polar surface area (TPSA) is 39.1 Å². The van der Waals surface area contributed by atoms with Crippen molar-refractivity contribution < 1.29 is 0 Å². The van der Waals surface area contributed by atoms with Crippen LogP contribution in [0.1, 0.15) is 38.5 Å². The van der Waals surface area contributed by atoms with E-state index in [1.165, 1.54) is 38.5 Å². The minimum absolute atomic E-state index is 0.197. The van der Waals surface area contributed by atoms with Crippen molar-refractivity contribution in [1.82, 2.24) is 10.2 Å². The number of hydrogen-bond donors (Lipinski definition) is 1. The summed E-state index contributed by atoms with van der Waals surface area (Å²) in [5.41, 5.74) is 0.362. The lowest BCUT2D eigenvalue weighted by molar-refractivity contribution is -0.0883. The largest absolute Gasteiger partial charge is 0.314 e. The molecule has 0 amide bonds. The van der Waals surface area contributed by atoms with Crippen molar-refractivity contribution in [2.24, 2.45) is 23.2 Å². The molecule has 0 aromatic heterocycles. The van der Waals surface area contributed by atoms with Crippen LogP contribution < -0.4 is 5.32 Å². The average Bonchev–Trinajstić information content (AvgIpc) is 2.38. The van der Waals surface area contributed by atoms with E-state index in [0.29, 0.717) is 5.41 Å². The lowest BCUT2D eigenvalue weighted by Crippen LogP contribution is -2.59. The predicted molar refractivity (Wildman–Crippen MR) is 74.4 cm³/mol. The first-order chi connectivity index (χ1) is 9.29. The summed E-state index contributed by atoms with van der Waals surface area (Å²) < 4.78 is 0. The Morgan fingerprint density at radius 1 is 1.00 bits per heavy atom. The van der Waals surface area contributed by atoms with Gasteiger partial charge >= 0.3 is 0 Å². The van der Waals surface area contributed by atoms with Gasteiger partial charge in [-0.05, 0) is 56.3 Å². The van der Waals surface area contributed by atoms with Crippen LogP contribution in [0.15, 0.2) is 0 Å². The van der Waals surface area contributed by atoms with E-state index in [4.69, 9.17) is 0 Å². The molecule has 4 saturated carbocycles. The molecule has 1 N–H and O–H groups in total. The van der Waals surface area contributed by atoms with Crippen molar-refractivity contribution in [2.45, 2.75) is 44.6 Å². The third-order valence-corrected chi connectivity index (χ3v) is 6.30. The SMILES string of the molecule is N#CC(N1CCNCC1)C12CC3CC(CC(C3)C1)C2. The highest BCUT2D eigenvalue weighted by molar-refractivity contribution is 5.13. The normalized spacial score (nSPS) is 47.0. The van der Waals surface area contributed by atoms with E-state index < -0.39 is 0 Å². The van der Waals surface area contributed by atoms with E-state index in [-0.39, 0.29) is 6.04 Å². The monoisotopic (exact) mass is 259 g/mol. The number of nitriles is 1. The Kier molecular flexibility index (Phi) is 2.86. The van der Waals surface area contributed by atoms with E-state index >= 15 is 0 Å². The summed E-state index contributed by atoms with van der Waals surface area (Å²) in [6.45, 7) is 4.26. The summed E-state index contributed by atoms with van der Waals surface area (Å²) in [7, 11) is 0. The van der Waals surface area contributed by atoms with Gasteiger partial charge in [-0.15, -0.1) is 0 Å². The Balaban J connectivity index is 1.60. The summed E-state index contributed by atoms with van der Waals surface area (Å²) in [6.07, 6.45) is 8.46. The van der Waals surface area contributed by atoms with Crippen molar-refractivity contribution >= 4 is 0 Å². The molecule has 1 heterocycles. The molecule has 3 heteroatoms. The Morgan fingerprint density at radius 3 is 2.00 bits per heavy atom. The van der Waals surface area contributed by atoms with E-state index in [0.717, 1.165) is 43.9 Å². The number of piperazine rings is 1. The average molecular weight is 259 g/mol. The van der Waals surface area contributed by atoms with Crippen molar-refractivity contribution in [3.63, 3.8) is 0 Å². The molecule has 1 aliphatic heterocycles. The van der Waals surface area contributed by atoms with Crippen LogP contribution in [0, 0.1) is 34.5 Å². The molecule has 0 aromatic rings. The van der Waals surface area contributed by atoms with Gasteiger partial charge in [0.05, 0.1) is 6.07 Å². The summed E-state index contributed by atoms with van der Waals surface area (Å²) in [5.74, 6) is 2.85. The molecule has 0 radical (unpaired) electrons. The van der Waals surface area contributed by atoms with Gasteiger partial charge in [0.25, 0.3) is 0 Å². The summed E-state index contributed by atoms with van der Waals surface area (Å²) >= 11 is 0. The van der Waals surface area contributed by atoms with Crippen molar-refractivity contribution in [3.8, 4) is 6.07 Å². The molecule has 4 bridgehead atoms. The van der Waals surface area contributed by atoms with Crippen molar-refractivity contribution in [3.05, 3.63) is 0 Å². The maximum Gasteiger partial charge on any atom is 0.104 e. The van der Waals surface area contributed by atoms with Gasteiger partial charge in [-0.3, -0.25) is 4.90 Å². The molecule has 19 heavy (non-hydrogen) atoms. The van der Waals surface area contributed by atoms with Gasteiger partial charge in [0.1, 0.15) is 6.04 Å². The van der Waals surface area contributed by atoms with Crippen molar-refractivity contribution in [2.75, 3.05) is 26.2 Å². The highest BCUT2D eigenvalue weighted by Crippen LogP contribution is 2.61. The lowest BCUT2D eigenvalue weighted by Gasteiger charge is -2.59. The zero-order valence-electron chi connectivity index (χ0n) is 11.8. The van der Waals surface area contributed by atoms with Gasteiger partial charge in [-0.25, -0.2) is 0 Å². The highest BCUT2D eigenvalue weighted by Gasteiger charge is 2.55. The standard InChI is InChI=1S/C16H25N3/c17-11-15(19-3-1-18-2-4-19)16-8-12-5-13(9-16)7-14(6-12)10-16/h12-15,18H,1-10H2. The molecule has 1 unspecified atom stereocenters. The van der Waals surface area contributed by atoms with Gasteiger partial charge in [-0.2, -0.15) is 5.26 Å². The van der Waals surface area contributed by atoms with Crippen LogP contribution in [0.5, 0.6) is 0 Å². The number of nitrogens with one attached hydrogen (secondary N) is 1. The van der Waals surface area contributed by atoms with E-state index in [1.807, 2.05) is 0 Å². The lowest BCUT2D eigenvalue weighted by atomic mass is 9.47. The van der Waals surface area contributed by atoms with Gasteiger partial charge in [0.2, 0.25) is 0 Å². The van der Waals surface area contributed by atoms with Crippen LogP contribution >= 0.6 is 0 Å². The van der Waals surface area contributed by atoms with Crippen LogP contribution in [0.3, 0.4) is 0 Å². The third kappa shape index (κ3) is 1.92. The number of rotatable bonds is 2. The fourth-order valence-corrected chi connectivity index (χ4v) is 6.06. The second kappa shape index (κ2) is 4.46. The van der Waals surface area contributed by atoms with Gasteiger partial charge in [-0.1, -0.05) is 0 Å². The molecular weight excluding hydrogens is 234 g/mol. The molecule has 1 atom stereocenters. The minimum Gasteiger partial charge on any atom is -0.314 e. The van der Waals surface area contributed by atoms with Crippen LogP contribution in [0.2, 0.25) is 0 Å². The molecule has 5 fully saturated rings. The Hall–Kier alpha value is -0.590. The first-order valence-corrected chi connectivity index (χ1v) is 8.13. The molecule has 0 aromatic carbocycles. The van der Waals surface area contributed by atoms with E-state index in [1.54, 1.807) is 0 Å². The fourth-order valence-electron chi connectivity index (χ4n) is 6.06. The quantitative estimate of drug-likeness (QED) is 0.824. The van der Waals surface area contributed by atoms with Crippen LogP contribution in [0.4, 0.5) is 0 Å². The molecule has 5 aliphatic rings. The third-order valence-electron chi connectivity index (χ3n) is 6.30. The van der Waals surface area contributed by atoms with E-state index in [2.05, 4.69) is 16.3 Å². The van der Waals surface area contributed by atoms with E-state index in [9.17, 15) is 5.26 Å². The zero-order chi connectivity index (χ0) is 12.9. The second-order valence-electron chi connectivity index (χ2n) is 7.60. The summed E-state index contributed by atoms with van der Waals surface area (Å²) in [5, 5.41) is 13.2. The maximum absolute atomic E-state index is 9.83. The minimum atomic E-state index is 0.197. The van der Waals surface area contributed by atoms with Crippen LogP contribution in [0.25, 0.3) is 0 Å². The molecule has 4 aliphatic carbocycles. The second-order valence-corrected chi connectivity index (χ2v) is 7.60. The Bertz CT molecular complexity index is 356. The first kappa shape index (κ1) is 12.2.